The highest BCUT2D eigenvalue weighted by molar-refractivity contribution is 5.79. The normalized spacial score (nSPS) is 18.8. The molecular weight excluding hydrogens is 276 g/mol. The van der Waals surface area contributed by atoms with E-state index in [1.807, 2.05) is 24.3 Å². The van der Waals surface area contributed by atoms with Crippen molar-refractivity contribution in [2.45, 2.75) is 33.3 Å². The van der Waals surface area contributed by atoms with Gasteiger partial charge in [-0.15, -0.1) is 0 Å². The summed E-state index contributed by atoms with van der Waals surface area (Å²) in [6.45, 7) is 8.21. The maximum absolute atomic E-state index is 12.2. The lowest BCUT2D eigenvalue weighted by Crippen LogP contribution is -2.34. The van der Waals surface area contributed by atoms with Crippen molar-refractivity contribution in [3.8, 4) is 0 Å². The van der Waals surface area contributed by atoms with Crippen molar-refractivity contribution in [2.24, 2.45) is 11.8 Å². The van der Waals surface area contributed by atoms with E-state index in [9.17, 15) is 4.79 Å². The third-order valence-corrected chi connectivity index (χ3v) is 4.18. The number of hydrogen-bond donors (Lipinski definition) is 2. The molecule has 1 aromatic rings. The van der Waals surface area contributed by atoms with Crippen LogP contribution in [0.2, 0.25) is 0 Å². The Morgan fingerprint density at radius 1 is 1.32 bits per heavy atom. The first kappa shape index (κ1) is 17.0. The van der Waals surface area contributed by atoms with Crippen LogP contribution in [0.1, 0.15) is 31.4 Å². The van der Waals surface area contributed by atoms with E-state index >= 15 is 0 Å². The SMILES string of the molecule is CC(C)CN1CCC(C(=O)NCCc2ccc(CO)cc2)C1. The lowest BCUT2D eigenvalue weighted by molar-refractivity contribution is -0.124. The molecule has 122 valence electrons. The van der Waals surface area contributed by atoms with E-state index < -0.39 is 0 Å². The average molecular weight is 304 g/mol. The lowest BCUT2D eigenvalue weighted by Gasteiger charge is -2.18. The summed E-state index contributed by atoms with van der Waals surface area (Å²) in [7, 11) is 0. The Labute approximate surface area is 133 Å². The van der Waals surface area contributed by atoms with Crippen LogP contribution in [0, 0.1) is 11.8 Å². The van der Waals surface area contributed by atoms with Crippen LogP contribution in [0.25, 0.3) is 0 Å². The topological polar surface area (TPSA) is 52.6 Å². The maximum Gasteiger partial charge on any atom is 0.224 e. The van der Waals surface area contributed by atoms with Gasteiger partial charge in [-0.3, -0.25) is 4.79 Å². The standard InChI is InChI=1S/C18H28N2O2/c1-14(2)11-20-10-8-17(12-20)18(22)19-9-7-15-3-5-16(13-21)6-4-15/h3-6,14,17,21H,7-13H2,1-2H3,(H,19,22). The van der Waals surface area contributed by atoms with Crippen molar-refractivity contribution in [2.75, 3.05) is 26.2 Å². The maximum atomic E-state index is 12.2. The zero-order valence-electron chi connectivity index (χ0n) is 13.7. The Balaban J connectivity index is 1.69. The van der Waals surface area contributed by atoms with Gasteiger partial charge in [0, 0.05) is 19.6 Å². The number of nitrogens with one attached hydrogen (secondary N) is 1. The monoisotopic (exact) mass is 304 g/mol. The second kappa shape index (κ2) is 8.30. The van der Waals surface area contributed by atoms with Crippen LogP contribution >= 0.6 is 0 Å². The van der Waals surface area contributed by atoms with Crippen LogP contribution < -0.4 is 5.32 Å². The first-order valence-electron chi connectivity index (χ1n) is 8.27. The van der Waals surface area contributed by atoms with Crippen LogP contribution in [0.4, 0.5) is 0 Å². The molecule has 2 N–H and O–H groups in total. The first-order valence-corrected chi connectivity index (χ1v) is 8.27. The molecule has 0 saturated carbocycles. The van der Waals surface area contributed by atoms with Gasteiger partial charge in [-0.25, -0.2) is 0 Å². The van der Waals surface area contributed by atoms with Gasteiger partial charge in [-0.2, -0.15) is 0 Å². The van der Waals surface area contributed by atoms with E-state index in [4.69, 9.17) is 5.11 Å². The fourth-order valence-corrected chi connectivity index (χ4v) is 3.01. The molecule has 1 unspecified atom stereocenters. The molecule has 1 aromatic carbocycles. The highest BCUT2D eigenvalue weighted by Gasteiger charge is 2.27. The number of hydrogen-bond acceptors (Lipinski definition) is 3. The van der Waals surface area contributed by atoms with Crippen LogP contribution in [-0.4, -0.2) is 42.1 Å². The first-order chi connectivity index (χ1) is 10.6. The minimum Gasteiger partial charge on any atom is -0.392 e. The summed E-state index contributed by atoms with van der Waals surface area (Å²) in [6, 6.07) is 7.88. The van der Waals surface area contributed by atoms with E-state index in [-0.39, 0.29) is 18.4 Å². The van der Waals surface area contributed by atoms with Gasteiger partial charge >= 0.3 is 0 Å². The van der Waals surface area contributed by atoms with Crippen molar-refractivity contribution < 1.29 is 9.90 Å². The average Bonchev–Trinajstić information content (AvgIpc) is 2.95. The number of aliphatic hydroxyl groups excluding tert-OH is 1. The third-order valence-electron chi connectivity index (χ3n) is 4.18. The molecule has 1 aliphatic rings. The number of rotatable bonds is 7. The summed E-state index contributed by atoms with van der Waals surface area (Å²) in [4.78, 5) is 14.6. The van der Waals surface area contributed by atoms with Gasteiger partial charge < -0.3 is 15.3 Å². The fourth-order valence-electron chi connectivity index (χ4n) is 3.01. The predicted octanol–water partition coefficient (Wildman–Crippen LogP) is 1.82. The largest absolute Gasteiger partial charge is 0.392 e. The molecular formula is C18H28N2O2. The Kier molecular flexibility index (Phi) is 6.40. The summed E-state index contributed by atoms with van der Waals surface area (Å²) in [6.07, 6.45) is 1.81. The number of nitrogens with zero attached hydrogens (tertiary/aromatic N) is 1. The molecule has 4 nitrogen and oxygen atoms in total. The highest BCUT2D eigenvalue weighted by atomic mass is 16.3. The van der Waals surface area contributed by atoms with Crippen LogP contribution in [-0.2, 0) is 17.8 Å². The Morgan fingerprint density at radius 2 is 2.00 bits per heavy atom. The van der Waals surface area contributed by atoms with Crippen molar-refractivity contribution in [1.82, 2.24) is 10.2 Å². The lowest BCUT2D eigenvalue weighted by atomic mass is 10.1. The van der Waals surface area contributed by atoms with E-state index in [1.54, 1.807) is 0 Å². The van der Waals surface area contributed by atoms with Gasteiger partial charge in [-0.1, -0.05) is 38.1 Å². The van der Waals surface area contributed by atoms with E-state index in [0.29, 0.717) is 12.5 Å². The Bertz CT molecular complexity index is 470. The number of amides is 1. The van der Waals surface area contributed by atoms with Gasteiger partial charge in [0.05, 0.1) is 12.5 Å². The summed E-state index contributed by atoms with van der Waals surface area (Å²) >= 11 is 0. The zero-order valence-corrected chi connectivity index (χ0v) is 13.7. The van der Waals surface area contributed by atoms with Gasteiger partial charge in [0.2, 0.25) is 5.91 Å². The van der Waals surface area contributed by atoms with Gasteiger partial charge in [-0.05, 0) is 36.4 Å². The van der Waals surface area contributed by atoms with Crippen LogP contribution in [0.5, 0.6) is 0 Å². The van der Waals surface area contributed by atoms with E-state index in [1.165, 1.54) is 5.56 Å². The number of aliphatic hydroxyl groups is 1. The Hall–Kier alpha value is -1.39. The molecule has 0 aliphatic carbocycles. The number of likely N-dealkylation sites (tertiary alicyclic amines) is 1. The molecule has 2 rings (SSSR count). The van der Waals surface area contributed by atoms with Gasteiger partial charge in [0.25, 0.3) is 0 Å². The highest BCUT2D eigenvalue weighted by Crippen LogP contribution is 2.17. The zero-order chi connectivity index (χ0) is 15.9. The molecule has 22 heavy (non-hydrogen) atoms. The number of benzene rings is 1. The smallest absolute Gasteiger partial charge is 0.224 e. The van der Waals surface area contributed by atoms with Crippen LogP contribution in [0.15, 0.2) is 24.3 Å². The van der Waals surface area contributed by atoms with Gasteiger partial charge in [0.15, 0.2) is 0 Å². The summed E-state index contributed by atoms with van der Waals surface area (Å²) in [5, 5.41) is 12.1. The van der Waals surface area contributed by atoms with Crippen molar-refractivity contribution in [3.05, 3.63) is 35.4 Å². The van der Waals surface area contributed by atoms with Crippen molar-refractivity contribution >= 4 is 5.91 Å². The second-order valence-electron chi connectivity index (χ2n) is 6.65. The van der Waals surface area contributed by atoms with Crippen LogP contribution in [0.3, 0.4) is 0 Å². The molecule has 1 fully saturated rings. The molecule has 0 aromatic heterocycles. The fraction of sp³-hybridized carbons (Fsp3) is 0.611. The summed E-state index contributed by atoms with van der Waals surface area (Å²) < 4.78 is 0. The molecule has 4 heteroatoms. The third kappa shape index (κ3) is 5.11. The van der Waals surface area contributed by atoms with Crippen molar-refractivity contribution in [1.29, 1.82) is 0 Å². The molecule has 1 aliphatic heterocycles. The Morgan fingerprint density at radius 3 is 2.64 bits per heavy atom. The molecule has 1 amide bonds. The minimum absolute atomic E-state index is 0.0750. The van der Waals surface area contributed by atoms with Crippen molar-refractivity contribution in [3.63, 3.8) is 0 Å². The van der Waals surface area contributed by atoms with E-state index in [0.717, 1.165) is 38.0 Å². The molecule has 0 radical (unpaired) electrons. The summed E-state index contributed by atoms with van der Waals surface area (Å²) in [5.74, 6) is 0.998. The number of carbonyl (C=O) groups excluding carboxylic acids is 1. The molecule has 1 heterocycles. The van der Waals surface area contributed by atoms with E-state index in [2.05, 4.69) is 24.1 Å². The molecule has 1 saturated heterocycles. The predicted molar refractivity (Wildman–Crippen MR) is 88.5 cm³/mol. The molecule has 1 atom stereocenters. The molecule has 0 bridgehead atoms. The second-order valence-corrected chi connectivity index (χ2v) is 6.65. The minimum atomic E-state index is 0.0750. The molecule has 0 spiro atoms. The number of carbonyl (C=O) groups is 1. The quantitative estimate of drug-likeness (QED) is 0.808. The van der Waals surface area contributed by atoms with Gasteiger partial charge in [0.1, 0.15) is 0 Å². The summed E-state index contributed by atoms with van der Waals surface area (Å²) in [5.41, 5.74) is 2.11.